The van der Waals surface area contributed by atoms with Crippen molar-refractivity contribution in [2.24, 2.45) is 0 Å². The van der Waals surface area contributed by atoms with Gasteiger partial charge in [0.1, 0.15) is 5.69 Å². The first kappa shape index (κ1) is 21.5. The molecule has 0 radical (unpaired) electrons. The normalized spacial score (nSPS) is 10.9. The number of para-hydroxylation sites is 1. The van der Waals surface area contributed by atoms with Crippen LogP contribution in [0.1, 0.15) is 32.0 Å². The van der Waals surface area contributed by atoms with Crippen molar-refractivity contribution in [3.8, 4) is 5.13 Å². The molecule has 2 heterocycles. The van der Waals surface area contributed by atoms with E-state index in [-0.39, 0.29) is 11.5 Å². The Morgan fingerprint density at radius 2 is 1.56 bits per heavy atom. The number of carboxylic acids is 1. The van der Waals surface area contributed by atoms with Crippen LogP contribution in [-0.2, 0) is 13.1 Å². The Hall–Kier alpha value is -4.30. The molecule has 3 aromatic carbocycles. The molecule has 0 aliphatic carbocycles. The minimum atomic E-state index is -0.982. The molecule has 34 heavy (non-hydrogen) atoms. The second-order valence-corrected chi connectivity index (χ2v) is 8.62. The highest BCUT2D eigenvalue weighted by Gasteiger charge is 2.21. The molecule has 1 amide bonds. The Balaban J connectivity index is 1.43. The van der Waals surface area contributed by atoms with Crippen LogP contribution in [0.2, 0.25) is 0 Å². The maximum atomic E-state index is 13.5. The molecule has 5 aromatic rings. The summed E-state index contributed by atoms with van der Waals surface area (Å²) in [7, 11) is 0. The Kier molecular flexibility index (Phi) is 5.88. The fourth-order valence-corrected chi connectivity index (χ4v) is 4.49. The zero-order valence-corrected chi connectivity index (χ0v) is 18.9. The number of carbonyl (C=O) groups excluding carboxylic acids is 1. The molecule has 0 bridgehead atoms. The van der Waals surface area contributed by atoms with Gasteiger partial charge in [0.15, 0.2) is 0 Å². The first-order valence-electron chi connectivity index (χ1n) is 10.6. The summed E-state index contributed by atoms with van der Waals surface area (Å²) in [6, 6.07) is 24.1. The molecule has 5 rings (SSSR count). The zero-order valence-electron chi connectivity index (χ0n) is 18.0. The number of aromatic carboxylic acids is 1. The number of hydrogen-bond donors (Lipinski definition) is 1. The van der Waals surface area contributed by atoms with Crippen molar-refractivity contribution >= 4 is 34.1 Å². The number of carbonyl (C=O) groups is 2. The molecule has 0 saturated carbocycles. The molecule has 0 spiro atoms. The van der Waals surface area contributed by atoms with Crippen LogP contribution in [0, 0.1) is 0 Å². The van der Waals surface area contributed by atoms with Crippen molar-refractivity contribution in [1.82, 2.24) is 19.7 Å². The molecular weight excluding hydrogens is 448 g/mol. The third-order valence-electron chi connectivity index (χ3n) is 5.45. The van der Waals surface area contributed by atoms with E-state index in [2.05, 4.69) is 10.1 Å². The first-order valence-corrected chi connectivity index (χ1v) is 11.5. The predicted octanol–water partition coefficient (Wildman–Crippen LogP) is 5.02. The van der Waals surface area contributed by atoms with E-state index in [9.17, 15) is 9.59 Å². The summed E-state index contributed by atoms with van der Waals surface area (Å²) >= 11 is 1.36. The molecule has 0 saturated heterocycles. The Labute approximate surface area is 199 Å². The van der Waals surface area contributed by atoms with E-state index >= 15 is 0 Å². The van der Waals surface area contributed by atoms with Crippen LogP contribution in [0.5, 0.6) is 0 Å². The SMILES string of the molecule is O=C(O)c1ccc(CN(Cc2ccccc2)C(=O)c2csc(-n3ncc4ccccc43)n2)cc1. The van der Waals surface area contributed by atoms with Crippen molar-refractivity contribution in [3.63, 3.8) is 0 Å². The molecule has 7 nitrogen and oxygen atoms in total. The molecule has 1 N–H and O–H groups in total. The van der Waals surface area contributed by atoms with Gasteiger partial charge in [-0.3, -0.25) is 4.79 Å². The average Bonchev–Trinajstić information content (AvgIpc) is 3.51. The lowest BCUT2D eigenvalue weighted by Crippen LogP contribution is -2.30. The van der Waals surface area contributed by atoms with Crippen LogP contribution in [0.15, 0.2) is 90.4 Å². The predicted molar refractivity (Wildman–Crippen MR) is 130 cm³/mol. The van der Waals surface area contributed by atoms with Gasteiger partial charge in [-0.05, 0) is 29.3 Å². The first-order chi connectivity index (χ1) is 16.6. The van der Waals surface area contributed by atoms with E-state index in [1.165, 1.54) is 11.3 Å². The standard InChI is InChI=1S/C26H20N4O3S/c31-24(22-17-34-26(28-22)30-23-9-5-4-8-21(23)14-27-30)29(15-18-6-2-1-3-7-18)16-19-10-12-20(13-11-19)25(32)33/h1-14,17H,15-16H2,(H,32,33). The smallest absolute Gasteiger partial charge is 0.335 e. The summed E-state index contributed by atoms with van der Waals surface area (Å²) in [5.41, 5.74) is 3.31. The number of thiazole rings is 1. The Bertz CT molecular complexity index is 1460. The van der Waals surface area contributed by atoms with Gasteiger partial charge in [0.2, 0.25) is 5.13 Å². The number of aromatic nitrogens is 3. The van der Waals surface area contributed by atoms with E-state index in [0.29, 0.717) is 23.9 Å². The number of fused-ring (bicyclic) bond motifs is 1. The van der Waals surface area contributed by atoms with Gasteiger partial charge in [-0.2, -0.15) is 5.10 Å². The van der Waals surface area contributed by atoms with E-state index < -0.39 is 5.97 Å². The third-order valence-corrected chi connectivity index (χ3v) is 6.26. The monoisotopic (exact) mass is 468 g/mol. The fraction of sp³-hybridized carbons (Fsp3) is 0.0769. The van der Waals surface area contributed by atoms with Gasteiger partial charge in [0.05, 0.1) is 17.3 Å². The molecule has 8 heteroatoms. The van der Waals surface area contributed by atoms with Crippen LogP contribution in [0.3, 0.4) is 0 Å². The average molecular weight is 469 g/mol. The number of rotatable bonds is 7. The second kappa shape index (κ2) is 9.29. The molecule has 2 aromatic heterocycles. The second-order valence-electron chi connectivity index (χ2n) is 7.78. The highest BCUT2D eigenvalue weighted by molar-refractivity contribution is 7.12. The fourth-order valence-electron chi connectivity index (χ4n) is 3.72. The highest BCUT2D eigenvalue weighted by Crippen LogP contribution is 2.23. The highest BCUT2D eigenvalue weighted by atomic mass is 32.1. The van der Waals surface area contributed by atoms with Crippen molar-refractivity contribution in [2.45, 2.75) is 13.1 Å². The van der Waals surface area contributed by atoms with Crippen LogP contribution >= 0.6 is 11.3 Å². The summed E-state index contributed by atoms with van der Waals surface area (Å²) in [6.07, 6.45) is 1.78. The van der Waals surface area contributed by atoms with E-state index in [0.717, 1.165) is 22.0 Å². The van der Waals surface area contributed by atoms with Gasteiger partial charge in [-0.25, -0.2) is 14.5 Å². The van der Waals surface area contributed by atoms with Crippen LogP contribution < -0.4 is 0 Å². The van der Waals surface area contributed by atoms with Gasteiger partial charge in [-0.1, -0.05) is 60.7 Å². The summed E-state index contributed by atoms with van der Waals surface area (Å²) in [4.78, 5) is 31.0. The minimum Gasteiger partial charge on any atom is -0.478 e. The molecule has 0 atom stereocenters. The maximum absolute atomic E-state index is 13.5. The van der Waals surface area contributed by atoms with E-state index in [1.807, 2.05) is 54.6 Å². The maximum Gasteiger partial charge on any atom is 0.335 e. The number of nitrogens with zero attached hydrogens (tertiary/aromatic N) is 4. The van der Waals surface area contributed by atoms with Gasteiger partial charge in [0.25, 0.3) is 5.91 Å². The molecular formula is C26H20N4O3S. The topological polar surface area (TPSA) is 88.3 Å². The Morgan fingerprint density at radius 1 is 0.882 bits per heavy atom. The quantitative estimate of drug-likeness (QED) is 0.362. The minimum absolute atomic E-state index is 0.204. The van der Waals surface area contributed by atoms with Gasteiger partial charge >= 0.3 is 5.97 Å². The number of benzene rings is 3. The molecule has 0 fully saturated rings. The third kappa shape index (κ3) is 4.44. The van der Waals surface area contributed by atoms with Crippen molar-refractivity contribution in [1.29, 1.82) is 0 Å². The largest absolute Gasteiger partial charge is 0.478 e. The lowest BCUT2D eigenvalue weighted by molar-refractivity contribution is 0.0693. The van der Waals surface area contributed by atoms with Crippen LogP contribution in [0.25, 0.3) is 16.0 Å². The lowest BCUT2D eigenvalue weighted by atomic mass is 10.1. The Morgan fingerprint density at radius 3 is 2.29 bits per heavy atom. The number of carboxylic acid groups (broad SMARTS) is 1. The van der Waals surface area contributed by atoms with Crippen LogP contribution in [-0.4, -0.2) is 36.6 Å². The van der Waals surface area contributed by atoms with Crippen molar-refractivity contribution in [2.75, 3.05) is 0 Å². The van der Waals surface area contributed by atoms with Gasteiger partial charge in [-0.15, -0.1) is 11.3 Å². The zero-order chi connectivity index (χ0) is 23.5. The molecule has 0 unspecified atom stereocenters. The van der Waals surface area contributed by atoms with Gasteiger partial charge in [0, 0.05) is 23.9 Å². The molecule has 168 valence electrons. The van der Waals surface area contributed by atoms with Crippen molar-refractivity contribution in [3.05, 3.63) is 113 Å². The number of hydrogen-bond acceptors (Lipinski definition) is 5. The van der Waals surface area contributed by atoms with Crippen LogP contribution in [0.4, 0.5) is 0 Å². The van der Waals surface area contributed by atoms with E-state index in [1.54, 1.807) is 45.4 Å². The molecule has 0 aliphatic rings. The summed E-state index contributed by atoms with van der Waals surface area (Å²) in [5, 5.41) is 17.0. The number of amides is 1. The van der Waals surface area contributed by atoms with E-state index in [4.69, 9.17) is 5.11 Å². The van der Waals surface area contributed by atoms with Gasteiger partial charge < -0.3 is 10.0 Å². The summed E-state index contributed by atoms with van der Waals surface area (Å²) in [5.74, 6) is -1.19. The lowest BCUT2D eigenvalue weighted by Gasteiger charge is -2.22. The molecule has 0 aliphatic heterocycles. The summed E-state index contributed by atoms with van der Waals surface area (Å²) in [6.45, 7) is 0.725. The van der Waals surface area contributed by atoms with Crippen molar-refractivity contribution < 1.29 is 14.7 Å². The summed E-state index contributed by atoms with van der Waals surface area (Å²) < 4.78 is 1.74.